The highest BCUT2D eigenvalue weighted by Crippen LogP contribution is 2.19. The van der Waals surface area contributed by atoms with Gasteiger partial charge in [-0.15, -0.1) is 0 Å². The molecule has 0 N–H and O–H groups in total. The number of ether oxygens (including phenoxy) is 2. The van der Waals surface area contributed by atoms with Crippen LogP contribution in [-0.2, 0) is 23.9 Å². The number of esters is 2. The molecule has 0 aromatic rings. The number of rotatable bonds is 12. The predicted molar refractivity (Wildman–Crippen MR) is 84.3 cm³/mol. The molecule has 0 saturated heterocycles. The van der Waals surface area contributed by atoms with Crippen LogP contribution in [0.3, 0.4) is 0 Å². The van der Waals surface area contributed by atoms with Gasteiger partial charge in [-0.05, 0) is 25.8 Å². The van der Waals surface area contributed by atoms with Crippen molar-refractivity contribution in [3.63, 3.8) is 0 Å². The summed E-state index contributed by atoms with van der Waals surface area (Å²) in [5, 5.41) is 0. The van der Waals surface area contributed by atoms with Crippen LogP contribution in [0.4, 0.5) is 0 Å². The van der Waals surface area contributed by atoms with Crippen LogP contribution >= 0.6 is 0 Å². The molecular formula is C17H28O5. The number of carbonyl (C=O) groups excluding carboxylic acids is 3. The molecule has 0 heterocycles. The van der Waals surface area contributed by atoms with E-state index in [4.69, 9.17) is 9.47 Å². The molecule has 0 bridgehead atoms. The molecule has 0 fully saturated rings. The fourth-order valence-corrected chi connectivity index (χ4v) is 2.07. The van der Waals surface area contributed by atoms with Crippen molar-refractivity contribution in [3.8, 4) is 0 Å². The van der Waals surface area contributed by atoms with Gasteiger partial charge in [-0.2, -0.15) is 0 Å². The lowest BCUT2D eigenvalue weighted by atomic mass is 9.94. The molecule has 0 aromatic heterocycles. The lowest BCUT2D eigenvalue weighted by Gasteiger charge is -2.16. The molecule has 0 aromatic carbocycles. The Morgan fingerprint density at radius 1 is 0.909 bits per heavy atom. The molecule has 0 atom stereocenters. The maximum absolute atomic E-state index is 11.9. The van der Waals surface area contributed by atoms with Crippen molar-refractivity contribution in [1.29, 1.82) is 0 Å². The standard InChI is InChI=1S/C17H28O5/c1-5-8-9-10-11-14(18)12-13(4)15(16(19)21-6-2)17(20)22-7-3/h15H,4-12H2,1-3H3. The number of ketones is 1. The number of Topliss-reactive ketones (excluding diaryl/α,β-unsaturated/α-hetero) is 1. The molecule has 126 valence electrons. The van der Waals surface area contributed by atoms with E-state index in [9.17, 15) is 14.4 Å². The Morgan fingerprint density at radius 2 is 1.45 bits per heavy atom. The van der Waals surface area contributed by atoms with Crippen molar-refractivity contribution in [3.05, 3.63) is 12.2 Å². The van der Waals surface area contributed by atoms with Gasteiger partial charge in [0, 0.05) is 12.8 Å². The summed E-state index contributed by atoms with van der Waals surface area (Å²) in [5.74, 6) is -2.63. The van der Waals surface area contributed by atoms with Gasteiger partial charge in [0.25, 0.3) is 0 Å². The quantitative estimate of drug-likeness (QED) is 0.239. The van der Waals surface area contributed by atoms with Crippen LogP contribution in [0.5, 0.6) is 0 Å². The third-order valence-corrected chi connectivity index (χ3v) is 3.19. The van der Waals surface area contributed by atoms with Gasteiger partial charge in [-0.1, -0.05) is 32.8 Å². The zero-order valence-corrected chi connectivity index (χ0v) is 14.0. The van der Waals surface area contributed by atoms with E-state index in [-0.39, 0.29) is 31.0 Å². The maximum Gasteiger partial charge on any atom is 0.324 e. The number of unbranched alkanes of at least 4 members (excludes halogenated alkanes) is 3. The average molecular weight is 312 g/mol. The molecular weight excluding hydrogens is 284 g/mol. The first-order chi connectivity index (χ1) is 10.5. The molecule has 0 radical (unpaired) electrons. The summed E-state index contributed by atoms with van der Waals surface area (Å²) < 4.78 is 9.75. The maximum atomic E-state index is 11.9. The van der Waals surface area contributed by atoms with Crippen LogP contribution in [0.25, 0.3) is 0 Å². The summed E-state index contributed by atoms with van der Waals surface area (Å²) in [4.78, 5) is 35.7. The van der Waals surface area contributed by atoms with Crippen LogP contribution in [0.15, 0.2) is 12.2 Å². The molecule has 0 aliphatic carbocycles. The highest BCUT2D eigenvalue weighted by Gasteiger charge is 2.32. The highest BCUT2D eigenvalue weighted by atomic mass is 16.6. The Hall–Kier alpha value is -1.65. The van der Waals surface area contributed by atoms with Crippen LogP contribution in [0.2, 0.25) is 0 Å². The SMILES string of the molecule is C=C(CC(=O)CCCCCC)C(C(=O)OCC)C(=O)OCC. The molecule has 0 unspecified atom stereocenters. The van der Waals surface area contributed by atoms with Gasteiger partial charge in [0.05, 0.1) is 13.2 Å². The Bertz CT molecular complexity index is 369. The molecule has 22 heavy (non-hydrogen) atoms. The first-order valence-corrected chi connectivity index (χ1v) is 8.00. The monoisotopic (exact) mass is 312 g/mol. The van der Waals surface area contributed by atoms with E-state index in [1.807, 2.05) is 0 Å². The summed E-state index contributed by atoms with van der Waals surface area (Å²) in [6, 6.07) is 0. The third kappa shape index (κ3) is 7.96. The van der Waals surface area contributed by atoms with Crippen LogP contribution in [0.1, 0.15) is 59.3 Å². The molecule has 5 heteroatoms. The zero-order chi connectivity index (χ0) is 17.0. The highest BCUT2D eigenvalue weighted by molar-refractivity contribution is 5.99. The third-order valence-electron chi connectivity index (χ3n) is 3.19. The van der Waals surface area contributed by atoms with Gasteiger partial charge in [0.2, 0.25) is 0 Å². The van der Waals surface area contributed by atoms with Gasteiger partial charge in [-0.3, -0.25) is 14.4 Å². The lowest BCUT2D eigenvalue weighted by Crippen LogP contribution is -2.30. The van der Waals surface area contributed by atoms with E-state index in [0.29, 0.717) is 6.42 Å². The lowest BCUT2D eigenvalue weighted by molar-refractivity contribution is -0.159. The fourth-order valence-electron chi connectivity index (χ4n) is 2.07. The Morgan fingerprint density at radius 3 is 1.91 bits per heavy atom. The largest absolute Gasteiger partial charge is 0.465 e. The summed E-state index contributed by atoms with van der Waals surface area (Å²) in [6.07, 6.45) is 4.49. The summed E-state index contributed by atoms with van der Waals surface area (Å²) >= 11 is 0. The van der Waals surface area contributed by atoms with E-state index in [1.165, 1.54) is 0 Å². The molecule has 0 aliphatic rings. The van der Waals surface area contributed by atoms with Gasteiger partial charge in [0.15, 0.2) is 5.92 Å². The van der Waals surface area contributed by atoms with Gasteiger partial charge in [-0.25, -0.2) is 0 Å². The van der Waals surface area contributed by atoms with E-state index < -0.39 is 17.9 Å². The van der Waals surface area contributed by atoms with Crippen molar-refractivity contribution >= 4 is 17.7 Å². The number of hydrogen-bond donors (Lipinski definition) is 0. The second-order valence-electron chi connectivity index (χ2n) is 5.12. The topological polar surface area (TPSA) is 69.7 Å². The number of carbonyl (C=O) groups is 3. The minimum Gasteiger partial charge on any atom is -0.465 e. The molecule has 0 spiro atoms. The summed E-state index contributed by atoms with van der Waals surface area (Å²) in [6.45, 7) is 9.46. The van der Waals surface area contributed by atoms with Crippen LogP contribution in [-0.4, -0.2) is 30.9 Å². The second-order valence-corrected chi connectivity index (χ2v) is 5.12. The van der Waals surface area contributed by atoms with Crippen molar-refractivity contribution in [2.45, 2.75) is 59.3 Å². The van der Waals surface area contributed by atoms with Gasteiger partial charge >= 0.3 is 11.9 Å². The van der Waals surface area contributed by atoms with Gasteiger partial charge in [0.1, 0.15) is 5.78 Å². The van der Waals surface area contributed by atoms with Crippen LogP contribution in [0, 0.1) is 5.92 Å². The summed E-state index contributed by atoms with van der Waals surface area (Å²) in [7, 11) is 0. The van der Waals surface area contributed by atoms with E-state index in [1.54, 1.807) is 13.8 Å². The first kappa shape index (κ1) is 20.3. The zero-order valence-electron chi connectivity index (χ0n) is 14.0. The van der Waals surface area contributed by atoms with Crippen molar-refractivity contribution in [2.24, 2.45) is 5.92 Å². The smallest absolute Gasteiger partial charge is 0.324 e. The van der Waals surface area contributed by atoms with Crippen molar-refractivity contribution in [2.75, 3.05) is 13.2 Å². The Kier molecular flexibility index (Phi) is 11.1. The minimum atomic E-state index is -1.21. The Balaban J connectivity index is 4.58. The molecule has 0 saturated carbocycles. The molecule has 0 aliphatic heterocycles. The van der Waals surface area contributed by atoms with E-state index >= 15 is 0 Å². The molecule has 0 amide bonds. The Labute approximate surface area is 133 Å². The normalized spacial score (nSPS) is 10.4. The average Bonchev–Trinajstić information content (AvgIpc) is 2.44. The number of hydrogen-bond acceptors (Lipinski definition) is 5. The molecule has 0 rings (SSSR count). The van der Waals surface area contributed by atoms with Crippen LogP contribution < -0.4 is 0 Å². The predicted octanol–water partition coefficient (Wildman–Crippen LogP) is 3.21. The molecule has 5 nitrogen and oxygen atoms in total. The second kappa shape index (κ2) is 12.0. The summed E-state index contributed by atoms with van der Waals surface area (Å²) in [5.41, 5.74) is 0.248. The van der Waals surface area contributed by atoms with E-state index in [2.05, 4.69) is 13.5 Å². The minimum absolute atomic E-state index is 0.00835. The van der Waals surface area contributed by atoms with E-state index in [0.717, 1.165) is 25.7 Å². The first-order valence-electron chi connectivity index (χ1n) is 8.00. The fraction of sp³-hybridized carbons (Fsp3) is 0.706. The van der Waals surface area contributed by atoms with Crippen molar-refractivity contribution < 1.29 is 23.9 Å². The van der Waals surface area contributed by atoms with Crippen molar-refractivity contribution in [1.82, 2.24) is 0 Å². The van der Waals surface area contributed by atoms with Gasteiger partial charge < -0.3 is 9.47 Å².